The summed E-state index contributed by atoms with van der Waals surface area (Å²) in [7, 11) is -3.38. The Bertz CT molecular complexity index is 529. The minimum Gasteiger partial charge on any atom is -0.355 e. The van der Waals surface area contributed by atoms with Gasteiger partial charge in [-0.25, -0.2) is 13.1 Å². The van der Waals surface area contributed by atoms with E-state index in [0.717, 1.165) is 6.26 Å². The van der Waals surface area contributed by atoms with Gasteiger partial charge in [-0.15, -0.1) is 0 Å². The molecule has 0 aromatic carbocycles. The molecule has 2 N–H and O–H groups in total. The van der Waals surface area contributed by atoms with E-state index < -0.39 is 16.1 Å². The van der Waals surface area contributed by atoms with Gasteiger partial charge in [-0.1, -0.05) is 11.6 Å². The third-order valence-electron chi connectivity index (χ3n) is 2.25. The summed E-state index contributed by atoms with van der Waals surface area (Å²) >= 11 is 5.71. The van der Waals surface area contributed by atoms with Crippen molar-refractivity contribution in [3.05, 3.63) is 17.4 Å². The highest BCUT2D eigenvalue weighted by Gasteiger charge is 2.15. The van der Waals surface area contributed by atoms with Crippen LogP contribution >= 0.6 is 11.6 Å². The largest absolute Gasteiger partial charge is 0.355 e. The zero-order chi connectivity index (χ0) is 14.5. The maximum absolute atomic E-state index is 11.6. The number of hydrogen-bond donors (Lipinski definition) is 2. The second kappa shape index (κ2) is 6.88. The summed E-state index contributed by atoms with van der Waals surface area (Å²) in [5.41, 5.74) is 0. The predicted octanol–water partition coefficient (Wildman–Crippen LogP) is -0.0195. The standard InChI is InChI=1S/C10H17ClN4O3S/c1-8(14-19(2,17)18)10(16)12-4-3-5-15-7-9(11)6-13-15/h6-8,14H,3-5H2,1-2H3,(H,12,16)/t8-/m0/s1. The molecule has 0 spiro atoms. The highest BCUT2D eigenvalue weighted by Crippen LogP contribution is 2.04. The van der Waals surface area contributed by atoms with Crippen LogP contribution in [0.15, 0.2) is 12.4 Å². The molecule has 0 fully saturated rings. The van der Waals surface area contributed by atoms with Crippen LogP contribution in [-0.2, 0) is 21.4 Å². The molecule has 9 heteroatoms. The monoisotopic (exact) mass is 308 g/mol. The summed E-state index contributed by atoms with van der Waals surface area (Å²) in [6.07, 6.45) is 4.92. The first kappa shape index (κ1) is 15.9. The van der Waals surface area contributed by atoms with Gasteiger partial charge in [0, 0.05) is 19.3 Å². The van der Waals surface area contributed by atoms with Gasteiger partial charge in [-0.2, -0.15) is 5.10 Å². The number of amides is 1. The van der Waals surface area contributed by atoms with Crippen LogP contribution in [0.5, 0.6) is 0 Å². The summed E-state index contributed by atoms with van der Waals surface area (Å²) in [5, 5.41) is 7.20. The molecule has 0 aliphatic carbocycles. The number of aryl methyl sites for hydroxylation is 1. The van der Waals surface area contributed by atoms with Crippen molar-refractivity contribution >= 4 is 27.5 Å². The molecule has 1 heterocycles. The fourth-order valence-electron chi connectivity index (χ4n) is 1.44. The molecule has 0 bridgehead atoms. The second-order valence-electron chi connectivity index (χ2n) is 4.18. The number of carbonyl (C=O) groups excluding carboxylic acids is 1. The van der Waals surface area contributed by atoms with Crippen LogP contribution in [0.2, 0.25) is 5.02 Å². The van der Waals surface area contributed by atoms with Gasteiger partial charge in [-0.3, -0.25) is 9.48 Å². The van der Waals surface area contributed by atoms with Crippen molar-refractivity contribution < 1.29 is 13.2 Å². The van der Waals surface area contributed by atoms with Gasteiger partial charge in [0.05, 0.1) is 23.5 Å². The molecule has 0 saturated carbocycles. The van der Waals surface area contributed by atoms with Gasteiger partial charge < -0.3 is 5.32 Å². The molecule has 108 valence electrons. The van der Waals surface area contributed by atoms with Crippen LogP contribution in [0.1, 0.15) is 13.3 Å². The number of aromatic nitrogens is 2. The van der Waals surface area contributed by atoms with Crippen LogP contribution in [-0.4, -0.2) is 42.9 Å². The molecular formula is C10H17ClN4O3S. The number of nitrogens with one attached hydrogen (secondary N) is 2. The molecule has 0 aliphatic rings. The molecule has 0 aliphatic heterocycles. The van der Waals surface area contributed by atoms with Gasteiger partial charge >= 0.3 is 0 Å². The fraction of sp³-hybridized carbons (Fsp3) is 0.600. The Balaban J connectivity index is 2.23. The molecule has 1 aromatic heterocycles. The van der Waals surface area contributed by atoms with Crippen LogP contribution in [0, 0.1) is 0 Å². The van der Waals surface area contributed by atoms with E-state index in [1.807, 2.05) is 0 Å². The number of rotatable bonds is 7. The van der Waals surface area contributed by atoms with Crippen molar-refractivity contribution in [2.24, 2.45) is 0 Å². The topological polar surface area (TPSA) is 93.1 Å². The molecule has 0 saturated heterocycles. The number of hydrogen-bond acceptors (Lipinski definition) is 4. The average molecular weight is 309 g/mol. The highest BCUT2D eigenvalue weighted by molar-refractivity contribution is 7.88. The first-order valence-electron chi connectivity index (χ1n) is 5.71. The van der Waals surface area contributed by atoms with Gasteiger partial charge in [0.1, 0.15) is 0 Å². The third-order valence-corrected chi connectivity index (χ3v) is 3.23. The maximum Gasteiger partial charge on any atom is 0.237 e. The van der Waals surface area contributed by atoms with E-state index >= 15 is 0 Å². The second-order valence-corrected chi connectivity index (χ2v) is 6.39. The lowest BCUT2D eigenvalue weighted by atomic mass is 10.3. The molecule has 1 amide bonds. The molecule has 1 rings (SSSR count). The maximum atomic E-state index is 11.6. The summed E-state index contributed by atoms with van der Waals surface area (Å²) in [6, 6.07) is -0.783. The summed E-state index contributed by atoms with van der Waals surface area (Å²) in [6.45, 7) is 2.55. The Morgan fingerprint density at radius 3 is 2.79 bits per heavy atom. The lowest BCUT2D eigenvalue weighted by molar-refractivity contribution is -0.122. The number of carbonyl (C=O) groups is 1. The van der Waals surface area contributed by atoms with Crippen LogP contribution in [0.25, 0.3) is 0 Å². The van der Waals surface area contributed by atoms with Gasteiger partial charge in [0.25, 0.3) is 0 Å². The lowest BCUT2D eigenvalue weighted by Gasteiger charge is -2.12. The van der Waals surface area contributed by atoms with Crippen molar-refractivity contribution in [2.45, 2.75) is 25.9 Å². The Labute approximate surface area is 117 Å². The van der Waals surface area contributed by atoms with Crippen LogP contribution in [0.3, 0.4) is 0 Å². The van der Waals surface area contributed by atoms with Crippen molar-refractivity contribution in [2.75, 3.05) is 12.8 Å². The van der Waals surface area contributed by atoms with Crippen molar-refractivity contribution in [1.29, 1.82) is 0 Å². The van der Waals surface area contributed by atoms with Gasteiger partial charge in [0.2, 0.25) is 15.9 Å². The summed E-state index contributed by atoms with van der Waals surface area (Å²) in [5.74, 6) is -0.357. The molecular weight excluding hydrogens is 292 g/mol. The van der Waals surface area contributed by atoms with E-state index in [1.165, 1.54) is 13.1 Å². The molecule has 0 radical (unpaired) electrons. The van der Waals surface area contributed by atoms with E-state index in [9.17, 15) is 13.2 Å². The van der Waals surface area contributed by atoms with Gasteiger partial charge in [0.15, 0.2) is 0 Å². The first-order valence-corrected chi connectivity index (χ1v) is 7.98. The molecule has 1 aromatic rings. The SMILES string of the molecule is C[C@H](NS(C)(=O)=O)C(=O)NCCCn1cc(Cl)cn1. The molecule has 0 unspecified atom stereocenters. The molecule has 1 atom stereocenters. The number of sulfonamides is 1. The quantitative estimate of drug-likeness (QED) is 0.692. The number of halogens is 1. The zero-order valence-corrected chi connectivity index (χ0v) is 12.3. The Kier molecular flexibility index (Phi) is 5.77. The Morgan fingerprint density at radius 2 is 2.26 bits per heavy atom. The Morgan fingerprint density at radius 1 is 1.58 bits per heavy atom. The molecule has 19 heavy (non-hydrogen) atoms. The van der Waals surface area contributed by atoms with E-state index in [4.69, 9.17) is 11.6 Å². The van der Waals surface area contributed by atoms with Crippen LogP contribution < -0.4 is 10.0 Å². The lowest BCUT2D eigenvalue weighted by Crippen LogP contribution is -2.44. The molecule has 7 nitrogen and oxygen atoms in total. The smallest absolute Gasteiger partial charge is 0.237 e. The van der Waals surface area contributed by atoms with E-state index in [-0.39, 0.29) is 5.91 Å². The summed E-state index contributed by atoms with van der Waals surface area (Å²) < 4.78 is 25.8. The van der Waals surface area contributed by atoms with E-state index in [0.29, 0.717) is 24.5 Å². The minimum absolute atomic E-state index is 0.357. The van der Waals surface area contributed by atoms with Crippen molar-refractivity contribution in [3.63, 3.8) is 0 Å². The van der Waals surface area contributed by atoms with Crippen molar-refractivity contribution in [1.82, 2.24) is 19.8 Å². The summed E-state index contributed by atoms with van der Waals surface area (Å²) in [4.78, 5) is 11.6. The minimum atomic E-state index is -3.38. The van der Waals surface area contributed by atoms with E-state index in [2.05, 4.69) is 15.1 Å². The average Bonchev–Trinajstić information content (AvgIpc) is 2.68. The van der Waals surface area contributed by atoms with Gasteiger partial charge in [-0.05, 0) is 13.3 Å². The number of nitrogens with zero attached hydrogens (tertiary/aromatic N) is 2. The van der Waals surface area contributed by atoms with Crippen LogP contribution in [0.4, 0.5) is 0 Å². The third kappa shape index (κ3) is 6.55. The fourth-order valence-corrected chi connectivity index (χ4v) is 2.35. The zero-order valence-electron chi connectivity index (χ0n) is 10.8. The van der Waals surface area contributed by atoms with Crippen molar-refractivity contribution in [3.8, 4) is 0 Å². The highest BCUT2D eigenvalue weighted by atomic mass is 35.5. The first-order chi connectivity index (χ1) is 8.78. The van der Waals surface area contributed by atoms with E-state index in [1.54, 1.807) is 10.9 Å². The Hall–Kier alpha value is -1.12. The predicted molar refractivity (Wildman–Crippen MR) is 72.3 cm³/mol. The normalized spacial score (nSPS) is 13.2.